The van der Waals surface area contributed by atoms with E-state index in [1.165, 1.54) is 40.7 Å². The van der Waals surface area contributed by atoms with Crippen molar-refractivity contribution in [1.29, 1.82) is 0 Å². The van der Waals surface area contributed by atoms with Crippen LogP contribution in [0.1, 0.15) is 19.3 Å². The number of nitrogens with zero attached hydrogens (tertiary/aromatic N) is 2. The summed E-state index contributed by atoms with van der Waals surface area (Å²) in [4.78, 5) is 26.4. The zero-order valence-corrected chi connectivity index (χ0v) is 18.1. The maximum Gasteiger partial charge on any atom is 0.251 e. The SMILES string of the molecule is O=C1C[C@@H](NC2CCN(S(=O)(=O)c3ccc(Cl)cc3)CC2)C(=O)N1c1ccc(F)cc1. The van der Waals surface area contributed by atoms with Crippen LogP contribution in [0.25, 0.3) is 0 Å². The van der Waals surface area contributed by atoms with Crippen molar-refractivity contribution in [2.24, 2.45) is 0 Å². The van der Waals surface area contributed by atoms with Gasteiger partial charge in [0.25, 0.3) is 5.91 Å². The molecule has 10 heteroatoms. The highest BCUT2D eigenvalue weighted by molar-refractivity contribution is 7.89. The fourth-order valence-electron chi connectivity index (χ4n) is 3.93. The van der Waals surface area contributed by atoms with Gasteiger partial charge in [-0.15, -0.1) is 0 Å². The summed E-state index contributed by atoms with van der Waals surface area (Å²) in [5.41, 5.74) is 0.338. The first-order chi connectivity index (χ1) is 14.8. The minimum atomic E-state index is -3.61. The van der Waals surface area contributed by atoms with Crippen LogP contribution in [0, 0.1) is 5.82 Å². The zero-order valence-electron chi connectivity index (χ0n) is 16.5. The number of anilines is 1. The van der Waals surface area contributed by atoms with Crippen LogP contribution >= 0.6 is 11.6 Å². The van der Waals surface area contributed by atoms with Gasteiger partial charge in [-0.3, -0.25) is 9.59 Å². The van der Waals surface area contributed by atoms with E-state index in [2.05, 4.69) is 5.32 Å². The molecule has 2 aromatic carbocycles. The summed E-state index contributed by atoms with van der Waals surface area (Å²) in [6.45, 7) is 0.609. The van der Waals surface area contributed by atoms with E-state index >= 15 is 0 Å². The first-order valence-corrected chi connectivity index (χ1v) is 11.7. The second kappa shape index (κ2) is 8.66. The van der Waals surface area contributed by atoms with Gasteiger partial charge >= 0.3 is 0 Å². The van der Waals surface area contributed by atoms with Crippen LogP contribution in [0.15, 0.2) is 53.4 Å². The number of carbonyl (C=O) groups excluding carboxylic acids is 2. The molecule has 0 aromatic heterocycles. The summed E-state index contributed by atoms with van der Waals surface area (Å²) >= 11 is 5.84. The monoisotopic (exact) mass is 465 g/mol. The summed E-state index contributed by atoms with van der Waals surface area (Å²) in [7, 11) is -3.61. The van der Waals surface area contributed by atoms with Crippen LogP contribution < -0.4 is 10.2 Å². The van der Waals surface area contributed by atoms with Crippen molar-refractivity contribution in [3.05, 3.63) is 59.4 Å². The van der Waals surface area contributed by atoms with Crippen molar-refractivity contribution >= 4 is 39.1 Å². The number of hydrogen-bond acceptors (Lipinski definition) is 5. The van der Waals surface area contributed by atoms with Crippen molar-refractivity contribution in [2.75, 3.05) is 18.0 Å². The molecule has 0 unspecified atom stereocenters. The van der Waals surface area contributed by atoms with Crippen molar-refractivity contribution in [3.63, 3.8) is 0 Å². The Bertz CT molecular complexity index is 1080. The van der Waals surface area contributed by atoms with Gasteiger partial charge < -0.3 is 5.32 Å². The molecule has 2 amide bonds. The largest absolute Gasteiger partial charge is 0.303 e. The molecule has 0 aliphatic carbocycles. The smallest absolute Gasteiger partial charge is 0.251 e. The lowest BCUT2D eigenvalue weighted by Crippen LogP contribution is -2.49. The lowest BCUT2D eigenvalue weighted by molar-refractivity contribution is -0.121. The Morgan fingerprint density at radius 3 is 2.19 bits per heavy atom. The molecule has 0 radical (unpaired) electrons. The molecule has 2 fully saturated rings. The molecule has 31 heavy (non-hydrogen) atoms. The second-order valence-corrected chi connectivity index (χ2v) is 9.97. The Morgan fingerprint density at radius 1 is 0.968 bits per heavy atom. The van der Waals surface area contributed by atoms with Crippen LogP contribution in [-0.4, -0.2) is 49.7 Å². The Hall–Kier alpha value is -2.33. The number of nitrogens with one attached hydrogen (secondary N) is 1. The van der Waals surface area contributed by atoms with Crippen LogP contribution in [0.5, 0.6) is 0 Å². The number of halogens is 2. The van der Waals surface area contributed by atoms with Crippen molar-refractivity contribution in [2.45, 2.75) is 36.2 Å². The third-order valence-electron chi connectivity index (χ3n) is 5.57. The topological polar surface area (TPSA) is 86.8 Å². The molecule has 1 atom stereocenters. The van der Waals surface area contributed by atoms with Gasteiger partial charge in [-0.2, -0.15) is 4.31 Å². The second-order valence-electron chi connectivity index (χ2n) is 7.60. The summed E-state index contributed by atoms with van der Waals surface area (Å²) in [6.07, 6.45) is 1.04. The number of piperidine rings is 1. The molecule has 4 rings (SSSR count). The average Bonchev–Trinajstić information content (AvgIpc) is 3.02. The molecule has 0 spiro atoms. The first kappa shape index (κ1) is 21.9. The Labute approximate surface area is 184 Å². The maximum atomic E-state index is 13.1. The van der Waals surface area contributed by atoms with E-state index < -0.39 is 21.9 Å². The molecular weight excluding hydrogens is 445 g/mol. The molecule has 2 saturated heterocycles. The van der Waals surface area contributed by atoms with E-state index in [9.17, 15) is 22.4 Å². The molecule has 2 aliphatic rings. The summed E-state index contributed by atoms with van der Waals surface area (Å²) < 4.78 is 40.2. The number of amides is 2. The number of benzene rings is 2. The van der Waals surface area contributed by atoms with Crippen molar-refractivity contribution < 1.29 is 22.4 Å². The fraction of sp³-hybridized carbons (Fsp3) is 0.333. The predicted molar refractivity (Wildman–Crippen MR) is 114 cm³/mol. The lowest BCUT2D eigenvalue weighted by atomic mass is 10.1. The average molecular weight is 466 g/mol. The van der Waals surface area contributed by atoms with Crippen molar-refractivity contribution in [1.82, 2.24) is 9.62 Å². The molecular formula is C21H21ClFN3O4S. The van der Waals surface area contributed by atoms with Crippen LogP contribution in [0.2, 0.25) is 5.02 Å². The van der Waals surface area contributed by atoms with Crippen LogP contribution in [-0.2, 0) is 19.6 Å². The molecule has 164 valence electrons. The maximum absolute atomic E-state index is 13.1. The highest BCUT2D eigenvalue weighted by atomic mass is 35.5. The Balaban J connectivity index is 1.37. The molecule has 2 aliphatic heterocycles. The fourth-order valence-corrected chi connectivity index (χ4v) is 5.52. The van der Waals surface area contributed by atoms with Gasteiger partial charge in [-0.1, -0.05) is 11.6 Å². The summed E-state index contributed by atoms with van der Waals surface area (Å²) in [5, 5.41) is 3.67. The van der Waals surface area contributed by atoms with E-state index in [0.29, 0.717) is 36.6 Å². The van der Waals surface area contributed by atoms with E-state index in [-0.39, 0.29) is 29.2 Å². The minimum absolute atomic E-state index is 0.0134. The lowest BCUT2D eigenvalue weighted by Gasteiger charge is -2.32. The van der Waals surface area contributed by atoms with Gasteiger partial charge in [0.05, 0.1) is 23.0 Å². The van der Waals surface area contributed by atoms with E-state index in [0.717, 1.165) is 4.90 Å². The van der Waals surface area contributed by atoms with Crippen LogP contribution in [0.4, 0.5) is 10.1 Å². The minimum Gasteiger partial charge on any atom is -0.303 e. The highest BCUT2D eigenvalue weighted by Crippen LogP contribution is 2.26. The van der Waals surface area contributed by atoms with Crippen molar-refractivity contribution in [3.8, 4) is 0 Å². The number of imide groups is 1. The quantitative estimate of drug-likeness (QED) is 0.686. The number of rotatable bonds is 5. The van der Waals surface area contributed by atoms with Gasteiger partial charge in [0.1, 0.15) is 5.82 Å². The predicted octanol–water partition coefficient (Wildman–Crippen LogP) is 2.55. The number of carbonyl (C=O) groups is 2. The molecule has 1 N–H and O–H groups in total. The third kappa shape index (κ3) is 4.50. The van der Waals surface area contributed by atoms with Gasteiger partial charge in [0, 0.05) is 24.2 Å². The molecule has 0 saturated carbocycles. The van der Waals surface area contributed by atoms with E-state index in [4.69, 9.17) is 11.6 Å². The van der Waals surface area contributed by atoms with E-state index in [1.54, 1.807) is 12.1 Å². The Kier molecular flexibility index (Phi) is 6.11. The summed E-state index contributed by atoms with van der Waals surface area (Å²) in [6, 6.07) is 10.5. The van der Waals surface area contributed by atoms with E-state index in [1.807, 2.05) is 0 Å². The Morgan fingerprint density at radius 2 is 1.58 bits per heavy atom. The summed E-state index contributed by atoms with van der Waals surface area (Å²) in [5.74, 6) is -1.18. The molecule has 0 bridgehead atoms. The van der Waals surface area contributed by atoms with Gasteiger partial charge in [0.15, 0.2) is 0 Å². The third-order valence-corrected chi connectivity index (χ3v) is 7.74. The highest BCUT2D eigenvalue weighted by Gasteiger charge is 2.41. The number of hydrogen-bond donors (Lipinski definition) is 1. The van der Waals surface area contributed by atoms with Gasteiger partial charge in [-0.25, -0.2) is 17.7 Å². The standard InChI is InChI=1S/C21H21ClFN3O4S/c22-14-1-7-18(8-2-14)31(29,30)25-11-9-16(10-12-25)24-19-13-20(27)26(21(19)28)17-5-3-15(23)4-6-17/h1-8,16,19,24H,9-13H2/t19-/m1/s1. The molecule has 2 aromatic rings. The normalized spacial score (nSPS) is 21.1. The van der Waals surface area contributed by atoms with Gasteiger partial charge in [-0.05, 0) is 61.4 Å². The number of sulfonamides is 1. The molecule has 2 heterocycles. The zero-order chi connectivity index (χ0) is 22.2. The first-order valence-electron chi connectivity index (χ1n) is 9.90. The van der Waals surface area contributed by atoms with Gasteiger partial charge in [0.2, 0.25) is 15.9 Å². The van der Waals surface area contributed by atoms with Crippen LogP contribution in [0.3, 0.4) is 0 Å². The molecule has 7 nitrogen and oxygen atoms in total.